The Balaban J connectivity index is 2.02. The van der Waals surface area contributed by atoms with Crippen molar-refractivity contribution in [2.24, 2.45) is 0 Å². The van der Waals surface area contributed by atoms with E-state index in [2.05, 4.69) is 23.0 Å². The van der Waals surface area contributed by atoms with E-state index in [1.807, 2.05) is 48.5 Å². The van der Waals surface area contributed by atoms with E-state index in [-0.39, 0.29) is 0 Å². The van der Waals surface area contributed by atoms with Gasteiger partial charge in [-0.2, -0.15) is 0 Å². The molecule has 0 aliphatic carbocycles. The molecule has 0 saturated heterocycles. The molecule has 1 heterocycles. The number of benzene rings is 2. The number of ether oxygens (including phenoxy) is 2. The number of pyridine rings is 1. The molecule has 0 aliphatic rings. The molecule has 136 valence electrons. The van der Waals surface area contributed by atoms with Gasteiger partial charge in [0.1, 0.15) is 5.75 Å². The minimum Gasteiger partial charge on any atom is -0.493 e. The van der Waals surface area contributed by atoms with Gasteiger partial charge in [-0.15, -0.1) is 0 Å². The molecule has 3 rings (SSSR count). The summed E-state index contributed by atoms with van der Waals surface area (Å²) in [6.07, 6.45) is 3.95. The molecule has 0 unspecified atom stereocenters. The first kappa shape index (κ1) is 18.0. The van der Waals surface area contributed by atoms with Crippen molar-refractivity contribution in [1.29, 1.82) is 0 Å². The van der Waals surface area contributed by atoms with Gasteiger partial charge >= 0.3 is 0 Å². The summed E-state index contributed by atoms with van der Waals surface area (Å²) >= 11 is 0. The average molecular weight is 352 g/mol. The van der Waals surface area contributed by atoms with Gasteiger partial charge in [-0.1, -0.05) is 18.2 Å². The zero-order valence-electron chi connectivity index (χ0n) is 15.4. The Morgan fingerprint density at radius 2 is 1.96 bits per heavy atom. The number of hydrogen-bond donors (Lipinski definition) is 2. The second kappa shape index (κ2) is 8.54. The summed E-state index contributed by atoms with van der Waals surface area (Å²) in [4.78, 5) is 4.58. The molecule has 0 fully saturated rings. The van der Waals surface area contributed by atoms with Crippen LogP contribution in [0.15, 0.2) is 54.7 Å². The van der Waals surface area contributed by atoms with Crippen molar-refractivity contribution in [3.05, 3.63) is 54.7 Å². The van der Waals surface area contributed by atoms with Crippen LogP contribution in [-0.4, -0.2) is 24.7 Å². The predicted molar refractivity (Wildman–Crippen MR) is 105 cm³/mol. The van der Waals surface area contributed by atoms with Crippen molar-refractivity contribution in [2.75, 3.05) is 19.0 Å². The normalized spacial score (nSPS) is 12.0. The van der Waals surface area contributed by atoms with Crippen LogP contribution >= 0.6 is 0 Å². The lowest BCUT2D eigenvalue weighted by Gasteiger charge is -2.19. The molecule has 0 aliphatic heterocycles. The van der Waals surface area contributed by atoms with Gasteiger partial charge < -0.3 is 20.5 Å². The number of methoxy groups -OCH3 is 1. The van der Waals surface area contributed by atoms with Crippen molar-refractivity contribution in [2.45, 2.75) is 25.8 Å². The molecule has 3 aromatic rings. The quantitative estimate of drug-likeness (QED) is 0.646. The van der Waals surface area contributed by atoms with Gasteiger partial charge in [-0.25, -0.2) is 0 Å². The molecule has 0 amide bonds. The maximum Gasteiger partial charge on any atom is 0.178 e. The van der Waals surface area contributed by atoms with Crippen molar-refractivity contribution >= 4 is 16.6 Å². The molecular weight excluding hydrogens is 326 g/mol. The van der Waals surface area contributed by atoms with E-state index in [1.165, 1.54) is 0 Å². The number of rotatable bonds is 8. The maximum atomic E-state index is 6.14. The summed E-state index contributed by atoms with van der Waals surface area (Å²) in [6, 6.07) is 15.9. The summed E-state index contributed by atoms with van der Waals surface area (Å²) in [5, 5.41) is 4.48. The van der Waals surface area contributed by atoms with Crippen molar-refractivity contribution < 1.29 is 15.2 Å². The van der Waals surface area contributed by atoms with Gasteiger partial charge in [0, 0.05) is 23.7 Å². The van der Waals surface area contributed by atoms with Gasteiger partial charge in [-0.05, 0) is 44.0 Å². The molecular formula is C21H26N3O2+. The number of nitrogens with zero attached hydrogens (tertiary/aromatic N) is 1. The average Bonchev–Trinajstić information content (AvgIpc) is 2.68. The number of hydrogen-bond acceptors (Lipinski definition) is 4. The number of fused-ring (bicyclic) bond motifs is 1. The second-order valence-electron chi connectivity index (χ2n) is 6.31. The minimum atomic E-state index is 0.326. The highest BCUT2D eigenvalue weighted by atomic mass is 16.5. The van der Waals surface area contributed by atoms with Crippen LogP contribution in [0.5, 0.6) is 17.2 Å². The van der Waals surface area contributed by atoms with E-state index >= 15 is 0 Å². The molecule has 0 bridgehead atoms. The van der Waals surface area contributed by atoms with Crippen molar-refractivity contribution in [1.82, 2.24) is 4.98 Å². The number of quaternary nitrogens is 1. The van der Waals surface area contributed by atoms with Gasteiger partial charge in [-0.3, -0.25) is 4.98 Å². The molecule has 26 heavy (non-hydrogen) atoms. The first-order valence-electron chi connectivity index (χ1n) is 8.97. The lowest BCUT2D eigenvalue weighted by atomic mass is 10.1. The smallest absolute Gasteiger partial charge is 0.178 e. The van der Waals surface area contributed by atoms with Crippen LogP contribution in [0, 0.1) is 0 Å². The summed E-state index contributed by atoms with van der Waals surface area (Å²) in [6.45, 7) is 3.11. The highest BCUT2D eigenvalue weighted by molar-refractivity contribution is 5.97. The lowest BCUT2D eigenvalue weighted by Crippen LogP contribution is -2.50. The predicted octanol–water partition coefficient (Wildman–Crippen LogP) is 3.86. The summed E-state index contributed by atoms with van der Waals surface area (Å²) < 4.78 is 11.8. The van der Waals surface area contributed by atoms with Crippen LogP contribution in [0.3, 0.4) is 0 Å². The standard InChI is InChI=1S/C21H25N3O2/c1-15(8-6-12-22)24-18-14-19(25-2)21(17-11-7-13-23-20(17)18)26-16-9-4-3-5-10-16/h3-5,7,9-11,13-15,24H,6,8,12,22H2,1-2H3/p+1/t15-/m1/s1. The number of anilines is 1. The fourth-order valence-corrected chi connectivity index (χ4v) is 2.96. The molecule has 2 aromatic carbocycles. The summed E-state index contributed by atoms with van der Waals surface area (Å²) in [5.74, 6) is 2.12. The third kappa shape index (κ3) is 4.06. The van der Waals surface area contributed by atoms with Crippen molar-refractivity contribution in [3.8, 4) is 17.2 Å². The molecule has 5 heteroatoms. The third-order valence-electron chi connectivity index (χ3n) is 4.28. The summed E-state index contributed by atoms with van der Waals surface area (Å²) in [7, 11) is 1.66. The molecule has 4 N–H and O–H groups in total. The molecule has 5 nitrogen and oxygen atoms in total. The van der Waals surface area contributed by atoms with E-state index in [0.29, 0.717) is 17.5 Å². The molecule has 1 atom stereocenters. The van der Waals surface area contributed by atoms with Crippen LogP contribution in [0.1, 0.15) is 19.8 Å². The van der Waals surface area contributed by atoms with E-state index < -0.39 is 0 Å². The van der Waals surface area contributed by atoms with Gasteiger partial charge in [0.25, 0.3) is 0 Å². The topological polar surface area (TPSA) is 71.0 Å². The Morgan fingerprint density at radius 3 is 2.69 bits per heavy atom. The molecule has 0 saturated carbocycles. The van der Waals surface area contributed by atoms with Crippen LogP contribution in [0.2, 0.25) is 0 Å². The Labute approximate surface area is 154 Å². The largest absolute Gasteiger partial charge is 0.493 e. The van der Waals surface area contributed by atoms with E-state index in [1.54, 1.807) is 13.3 Å². The first-order valence-corrected chi connectivity index (χ1v) is 8.97. The molecule has 1 aromatic heterocycles. The summed E-state index contributed by atoms with van der Waals surface area (Å²) in [5.41, 5.74) is 5.75. The Kier molecular flexibility index (Phi) is 5.92. The minimum absolute atomic E-state index is 0.326. The lowest BCUT2D eigenvalue weighted by molar-refractivity contribution is -0.368. The monoisotopic (exact) mass is 352 g/mol. The van der Waals surface area contributed by atoms with E-state index in [9.17, 15) is 0 Å². The highest BCUT2D eigenvalue weighted by Crippen LogP contribution is 2.41. The third-order valence-corrected chi connectivity index (χ3v) is 4.28. The van der Waals surface area contributed by atoms with Gasteiger partial charge in [0.15, 0.2) is 11.5 Å². The van der Waals surface area contributed by atoms with E-state index in [4.69, 9.17) is 9.47 Å². The SMILES string of the molecule is COc1cc(N[C@H](C)CCC[NH3+])c2ncccc2c1Oc1ccccc1. The van der Waals surface area contributed by atoms with Gasteiger partial charge in [0.2, 0.25) is 0 Å². The van der Waals surface area contributed by atoms with Crippen LogP contribution in [0.25, 0.3) is 10.9 Å². The number of para-hydroxylation sites is 1. The fraction of sp³-hybridized carbons (Fsp3) is 0.286. The second-order valence-corrected chi connectivity index (χ2v) is 6.31. The Bertz CT molecular complexity index is 853. The van der Waals surface area contributed by atoms with E-state index in [0.717, 1.165) is 41.7 Å². The highest BCUT2D eigenvalue weighted by Gasteiger charge is 2.17. The first-order chi connectivity index (χ1) is 12.7. The molecule has 0 radical (unpaired) electrons. The Morgan fingerprint density at radius 1 is 1.15 bits per heavy atom. The maximum absolute atomic E-state index is 6.14. The van der Waals surface area contributed by atoms with Gasteiger partial charge in [0.05, 0.1) is 24.9 Å². The van der Waals surface area contributed by atoms with Crippen LogP contribution < -0.4 is 20.5 Å². The number of nitrogens with one attached hydrogen (secondary N) is 1. The fourth-order valence-electron chi connectivity index (χ4n) is 2.96. The Hall–Kier alpha value is -2.79. The zero-order valence-corrected chi connectivity index (χ0v) is 15.4. The molecule has 0 spiro atoms. The number of aromatic nitrogens is 1. The zero-order chi connectivity index (χ0) is 18.4. The van der Waals surface area contributed by atoms with Crippen molar-refractivity contribution in [3.63, 3.8) is 0 Å². The van der Waals surface area contributed by atoms with Crippen LogP contribution in [0.4, 0.5) is 5.69 Å². The van der Waals surface area contributed by atoms with Crippen LogP contribution in [-0.2, 0) is 0 Å².